The second-order valence-electron chi connectivity index (χ2n) is 5.05. The highest BCUT2D eigenvalue weighted by Crippen LogP contribution is 2.29. The number of sulfonamides is 1. The first-order valence-electron chi connectivity index (χ1n) is 7.22. The molecular formula is C16H15F3N2O3S. The van der Waals surface area contributed by atoms with Crippen LogP contribution < -0.4 is 10.0 Å². The van der Waals surface area contributed by atoms with E-state index in [4.69, 9.17) is 0 Å². The summed E-state index contributed by atoms with van der Waals surface area (Å²) in [7, 11) is -3.62. The summed E-state index contributed by atoms with van der Waals surface area (Å²) < 4.78 is 63.4. The maximum Gasteiger partial charge on any atom is 0.416 e. The number of amides is 1. The quantitative estimate of drug-likeness (QED) is 0.846. The number of carbonyl (C=O) groups excluding carboxylic acids is 1. The molecule has 0 saturated heterocycles. The summed E-state index contributed by atoms with van der Waals surface area (Å²) in [5.41, 5.74) is -0.443. The average Bonchev–Trinajstić information content (AvgIpc) is 2.54. The molecular weight excluding hydrogens is 357 g/mol. The Kier molecular flexibility index (Phi) is 5.48. The van der Waals surface area contributed by atoms with Crippen molar-refractivity contribution in [1.82, 2.24) is 4.72 Å². The highest BCUT2D eigenvalue weighted by atomic mass is 32.2. The van der Waals surface area contributed by atoms with Gasteiger partial charge in [0, 0.05) is 17.8 Å². The lowest BCUT2D eigenvalue weighted by Gasteiger charge is -2.09. The van der Waals surface area contributed by atoms with E-state index in [1.807, 2.05) is 0 Å². The fraction of sp³-hybridized carbons (Fsp3) is 0.188. The van der Waals surface area contributed by atoms with Crippen LogP contribution in [0.5, 0.6) is 0 Å². The lowest BCUT2D eigenvalue weighted by atomic mass is 10.2. The molecule has 5 nitrogen and oxygen atoms in total. The molecule has 2 N–H and O–H groups in total. The second kappa shape index (κ2) is 7.24. The molecule has 0 bridgehead atoms. The number of carbonyl (C=O) groups is 1. The molecule has 0 fully saturated rings. The van der Waals surface area contributed by atoms with Crippen molar-refractivity contribution >= 4 is 21.6 Å². The third kappa shape index (κ3) is 4.80. The van der Waals surface area contributed by atoms with E-state index in [2.05, 4.69) is 10.0 Å². The highest BCUT2D eigenvalue weighted by molar-refractivity contribution is 7.89. The molecule has 9 heteroatoms. The van der Waals surface area contributed by atoms with E-state index >= 15 is 0 Å². The maximum atomic E-state index is 12.5. The van der Waals surface area contributed by atoms with Crippen molar-refractivity contribution in [2.24, 2.45) is 0 Å². The Bertz CT molecular complexity index is 846. The van der Waals surface area contributed by atoms with Crippen LogP contribution in [0.25, 0.3) is 0 Å². The number of rotatable bonds is 5. The van der Waals surface area contributed by atoms with Crippen LogP contribution in [0.15, 0.2) is 53.4 Å². The van der Waals surface area contributed by atoms with Crippen LogP contribution >= 0.6 is 0 Å². The summed E-state index contributed by atoms with van der Waals surface area (Å²) in [6.45, 7) is 1.88. The Morgan fingerprint density at radius 3 is 2.04 bits per heavy atom. The zero-order chi connectivity index (χ0) is 18.7. The lowest BCUT2D eigenvalue weighted by molar-refractivity contribution is -0.137. The largest absolute Gasteiger partial charge is 0.416 e. The number of benzene rings is 2. The molecule has 0 heterocycles. The van der Waals surface area contributed by atoms with Gasteiger partial charge in [-0.2, -0.15) is 13.2 Å². The zero-order valence-electron chi connectivity index (χ0n) is 13.1. The van der Waals surface area contributed by atoms with Crippen molar-refractivity contribution in [3.8, 4) is 0 Å². The molecule has 25 heavy (non-hydrogen) atoms. The van der Waals surface area contributed by atoms with Gasteiger partial charge in [-0.15, -0.1) is 0 Å². The topological polar surface area (TPSA) is 75.3 Å². The minimum atomic E-state index is -4.45. The number of hydrogen-bond acceptors (Lipinski definition) is 3. The van der Waals surface area contributed by atoms with Crippen LogP contribution in [0.3, 0.4) is 0 Å². The maximum absolute atomic E-state index is 12.5. The van der Waals surface area contributed by atoms with Crippen molar-refractivity contribution in [3.05, 3.63) is 59.7 Å². The third-order valence-electron chi connectivity index (χ3n) is 3.23. The third-order valence-corrected chi connectivity index (χ3v) is 4.79. The predicted molar refractivity (Wildman–Crippen MR) is 86.7 cm³/mol. The molecule has 0 spiro atoms. The van der Waals surface area contributed by atoms with Gasteiger partial charge in [-0.05, 0) is 48.5 Å². The lowest BCUT2D eigenvalue weighted by Crippen LogP contribution is -2.23. The monoisotopic (exact) mass is 372 g/mol. The van der Waals surface area contributed by atoms with Gasteiger partial charge in [0.2, 0.25) is 10.0 Å². The van der Waals surface area contributed by atoms with Crippen LogP contribution in [0.1, 0.15) is 22.8 Å². The first kappa shape index (κ1) is 18.9. The second-order valence-corrected chi connectivity index (χ2v) is 6.82. The first-order chi connectivity index (χ1) is 11.6. The Morgan fingerprint density at radius 2 is 1.56 bits per heavy atom. The summed E-state index contributed by atoms with van der Waals surface area (Å²) in [5.74, 6) is -0.563. The van der Waals surface area contributed by atoms with Gasteiger partial charge in [0.25, 0.3) is 5.91 Å². The van der Waals surface area contributed by atoms with Gasteiger partial charge in [0.05, 0.1) is 10.5 Å². The van der Waals surface area contributed by atoms with Crippen LogP contribution in [0.4, 0.5) is 18.9 Å². The highest BCUT2D eigenvalue weighted by Gasteiger charge is 2.30. The van der Waals surface area contributed by atoms with Gasteiger partial charge in [-0.25, -0.2) is 13.1 Å². The van der Waals surface area contributed by atoms with Crippen molar-refractivity contribution in [1.29, 1.82) is 0 Å². The van der Waals surface area contributed by atoms with E-state index in [0.717, 1.165) is 24.3 Å². The summed E-state index contributed by atoms with van der Waals surface area (Å²) in [6.07, 6.45) is -4.45. The molecule has 0 aliphatic heterocycles. The molecule has 0 aliphatic rings. The number of nitrogens with one attached hydrogen (secondary N) is 2. The van der Waals surface area contributed by atoms with E-state index in [9.17, 15) is 26.4 Å². The molecule has 2 aromatic carbocycles. The number of hydrogen-bond donors (Lipinski definition) is 2. The minimum Gasteiger partial charge on any atom is -0.322 e. The summed E-state index contributed by atoms with van der Waals surface area (Å²) >= 11 is 0. The van der Waals surface area contributed by atoms with Crippen LogP contribution in [0.2, 0.25) is 0 Å². The van der Waals surface area contributed by atoms with Gasteiger partial charge >= 0.3 is 6.18 Å². The van der Waals surface area contributed by atoms with Crippen LogP contribution in [0, 0.1) is 0 Å². The molecule has 134 valence electrons. The normalized spacial score (nSPS) is 12.0. The molecule has 2 rings (SSSR count). The molecule has 0 saturated carbocycles. The predicted octanol–water partition coefficient (Wildman–Crippen LogP) is 3.26. The Hall–Kier alpha value is -2.39. The standard InChI is InChI=1S/C16H15F3N2O3S/c1-2-20-25(23,24)14-9-3-11(4-10-14)15(22)21-13-7-5-12(6-8-13)16(17,18)19/h3-10,20H,2H2,1H3,(H,21,22). The van der Waals surface area contributed by atoms with E-state index in [1.165, 1.54) is 24.3 Å². The van der Waals surface area contributed by atoms with E-state index in [1.54, 1.807) is 6.92 Å². The van der Waals surface area contributed by atoms with Crippen LogP contribution in [-0.4, -0.2) is 20.9 Å². The molecule has 0 unspecified atom stereocenters. The number of halogens is 3. The number of alkyl halides is 3. The molecule has 0 aliphatic carbocycles. The van der Waals surface area contributed by atoms with Crippen LogP contribution in [-0.2, 0) is 16.2 Å². The molecule has 0 atom stereocenters. The number of anilines is 1. The fourth-order valence-electron chi connectivity index (χ4n) is 2.00. The molecule has 2 aromatic rings. The van der Waals surface area contributed by atoms with Gasteiger partial charge in [-0.1, -0.05) is 6.92 Å². The van der Waals surface area contributed by atoms with Crippen molar-refractivity contribution in [2.75, 3.05) is 11.9 Å². The van der Waals surface area contributed by atoms with Gasteiger partial charge < -0.3 is 5.32 Å². The van der Waals surface area contributed by atoms with Crippen molar-refractivity contribution in [2.45, 2.75) is 18.0 Å². The zero-order valence-corrected chi connectivity index (χ0v) is 13.9. The Labute approximate surface area is 142 Å². The van der Waals surface area contributed by atoms with E-state index < -0.39 is 27.7 Å². The first-order valence-corrected chi connectivity index (χ1v) is 8.70. The molecule has 1 amide bonds. The molecule has 0 radical (unpaired) electrons. The summed E-state index contributed by atoms with van der Waals surface area (Å²) in [5, 5.41) is 2.45. The SMILES string of the molecule is CCNS(=O)(=O)c1ccc(C(=O)Nc2ccc(C(F)(F)F)cc2)cc1. The van der Waals surface area contributed by atoms with Gasteiger partial charge in [0.15, 0.2) is 0 Å². The summed E-state index contributed by atoms with van der Waals surface area (Å²) in [6, 6.07) is 9.21. The molecule has 0 aromatic heterocycles. The Morgan fingerprint density at radius 1 is 1.00 bits per heavy atom. The average molecular weight is 372 g/mol. The minimum absolute atomic E-state index is 0.0143. The Balaban J connectivity index is 2.11. The van der Waals surface area contributed by atoms with Crippen molar-refractivity contribution in [3.63, 3.8) is 0 Å². The van der Waals surface area contributed by atoms with Crippen molar-refractivity contribution < 1.29 is 26.4 Å². The van der Waals surface area contributed by atoms with E-state index in [-0.39, 0.29) is 22.7 Å². The van der Waals surface area contributed by atoms with E-state index in [0.29, 0.717) is 0 Å². The summed E-state index contributed by atoms with van der Waals surface area (Å²) in [4.78, 5) is 12.1. The van der Waals surface area contributed by atoms with Gasteiger partial charge in [-0.3, -0.25) is 4.79 Å². The van der Waals surface area contributed by atoms with Gasteiger partial charge in [0.1, 0.15) is 0 Å². The smallest absolute Gasteiger partial charge is 0.322 e. The fourth-order valence-corrected chi connectivity index (χ4v) is 3.05.